The van der Waals surface area contributed by atoms with E-state index in [0.717, 1.165) is 39.1 Å². The first-order valence-corrected chi connectivity index (χ1v) is 8.99. The number of nitrogens with zero attached hydrogens (tertiary/aromatic N) is 3. The van der Waals surface area contributed by atoms with Gasteiger partial charge in [0.15, 0.2) is 0 Å². The zero-order valence-corrected chi connectivity index (χ0v) is 14.7. The molecule has 2 aromatic rings. The van der Waals surface area contributed by atoms with E-state index in [2.05, 4.69) is 27.9 Å². The quantitative estimate of drug-likeness (QED) is 0.838. The molecule has 0 aliphatic carbocycles. The Kier molecular flexibility index (Phi) is 4.79. The molecule has 132 valence electrons. The van der Waals surface area contributed by atoms with Gasteiger partial charge in [-0.2, -0.15) is 0 Å². The van der Waals surface area contributed by atoms with Gasteiger partial charge in [0, 0.05) is 57.4 Å². The molecule has 25 heavy (non-hydrogen) atoms. The van der Waals surface area contributed by atoms with Crippen LogP contribution < -0.4 is 0 Å². The van der Waals surface area contributed by atoms with Crippen molar-refractivity contribution < 1.29 is 9.47 Å². The van der Waals surface area contributed by atoms with Crippen molar-refractivity contribution in [1.82, 2.24) is 14.9 Å². The van der Waals surface area contributed by atoms with Crippen molar-refractivity contribution >= 4 is 0 Å². The smallest absolute Gasteiger partial charge is 0.0959 e. The molecule has 2 aliphatic heterocycles. The topological polar surface area (TPSA) is 47.5 Å². The van der Waals surface area contributed by atoms with Crippen LogP contribution in [0, 0.1) is 6.92 Å². The summed E-state index contributed by atoms with van der Waals surface area (Å²) in [5, 5.41) is 0. The second kappa shape index (κ2) is 7.20. The predicted octanol–water partition coefficient (Wildman–Crippen LogP) is 2.74. The van der Waals surface area contributed by atoms with Gasteiger partial charge in [0.1, 0.15) is 0 Å². The van der Waals surface area contributed by atoms with Gasteiger partial charge in [0.25, 0.3) is 0 Å². The standard InChI is InChI=1S/C20H25N3O2/c1-16-4-7-22-11-18(16)13-24-19-5-8-25-20(9-19)14-23(15-20)12-17-3-2-6-21-10-17/h2-4,6-7,10-11,19H,5,8-9,12-15H2,1H3. The Bertz CT molecular complexity index is 701. The number of hydrogen-bond acceptors (Lipinski definition) is 5. The van der Waals surface area contributed by atoms with E-state index in [9.17, 15) is 0 Å². The van der Waals surface area contributed by atoms with E-state index < -0.39 is 0 Å². The van der Waals surface area contributed by atoms with Crippen LogP contribution >= 0.6 is 0 Å². The zero-order valence-electron chi connectivity index (χ0n) is 14.7. The van der Waals surface area contributed by atoms with Gasteiger partial charge in [-0.15, -0.1) is 0 Å². The number of rotatable bonds is 5. The average molecular weight is 339 g/mol. The van der Waals surface area contributed by atoms with Crippen molar-refractivity contribution in [3.8, 4) is 0 Å². The van der Waals surface area contributed by atoms with E-state index >= 15 is 0 Å². The van der Waals surface area contributed by atoms with Gasteiger partial charge in [-0.05, 0) is 42.2 Å². The SMILES string of the molecule is Cc1ccncc1COC1CCOC2(C1)CN(Cc1cccnc1)C2. The highest BCUT2D eigenvalue weighted by Crippen LogP contribution is 2.36. The van der Waals surface area contributed by atoms with Crippen LogP contribution in [0.4, 0.5) is 0 Å². The van der Waals surface area contributed by atoms with Gasteiger partial charge in [0.05, 0.1) is 18.3 Å². The number of likely N-dealkylation sites (tertiary alicyclic amines) is 1. The van der Waals surface area contributed by atoms with Gasteiger partial charge in [-0.3, -0.25) is 14.9 Å². The van der Waals surface area contributed by atoms with Crippen molar-refractivity contribution in [3.63, 3.8) is 0 Å². The number of pyridine rings is 2. The first kappa shape index (κ1) is 16.6. The van der Waals surface area contributed by atoms with Gasteiger partial charge < -0.3 is 9.47 Å². The van der Waals surface area contributed by atoms with Crippen LogP contribution in [0.3, 0.4) is 0 Å². The molecule has 0 aromatic carbocycles. The highest BCUT2D eigenvalue weighted by molar-refractivity contribution is 5.20. The van der Waals surface area contributed by atoms with Crippen molar-refractivity contribution in [2.24, 2.45) is 0 Å². The Morgan fingerprint density at radius 3 is 2.92 bits per heavy atom. The van der Waals surface area contributed by atoms with Crippen LogP contribution in [-0.2, 0) is 22.6 Å². The third-order valence-corrected chi connectivity index (χ3v) is 5.22. The predicted molar refractivity (Wildman–Crippen MR) is 95.0 cm³/mol. The molecular formula is C20H25N3O2. The molecule has 2 aromatic heterocycles. The summed E-state index contributed by atoms with van der Waals surface area (Å²) in [6, 6.07) is 6.15. The van der Waals surface area contributed by atoms with Crippen molar-refractivity contribution in [1.29, 1.82) is 0 Å². The van der Waals surface area contributed by atoms with Gasteiger partial charge in [-0.1, -0.05) is 6.07 Å². The van der Waals surface area contributed by atoms with Gasteiger partial charge >= 0.3 is 0 Å². The molecule has 0 saturated carbocycles. The highest BCUT2D eigenvalue weighted by Gasteiger charge is 2.47. The summed E-state index contributed by atoms with van der Waals surface area (Å²) in [4.78, 5) is 10.8. The minimum atomic E-state index is -0.0187. The number of hydrogen-bond donors (Lipinski definition) is 0. The van der Waals surface area contributed by atoms with Crippen LogP contribution in [0.1, 0.15) is 29.5 Å². The van der Waals surface area contributed by atoms with E-state index in [1.807, 2.05) is 36.9 Å². The molecule has 1 unspecified atom stereocenters. The van der Waals surface area contributed by atoms with E-state index in [1.54, 1.807) is 0 Å². The Hall–Kier alpha value is -1.82. The molecule has 0 N–H and O–H groups in total. The molecule has 1 atom stereocenters. The summed E-state index contributed by atoms with van der Waals surface area (Å²) in [5.74, 6) is 0. The largest absolute Gasteiger partial charge is 0.373 e. The lowest BCUT2D eigenvalue weighted by molar-refractivity contribution is -0.200. The minimum Gasteiger partial charge on any atom is -0.373 e. The van der Waals surface area contributed by atoms with Crippen LogP contribution in [0.2, 0.25) is 0 Å². The fourth-order valence-electron chi connectivity index (χ4n) is 3.83. The maximum Gasteiger partial charge on any atom is 0.0959 e. The molecule has 5 heteroatoms. The van der Waals surface area contributed by atoms with Crippen LogP contribution in [0.15, 0.2) is 43.0 Å². The molecule has 4 heterocycles. The lowest BCUT2D eigenvalue weighted by atomic mass is 9.84. The normalized spacial score (nSPS) is 22.7. The number of ether oxygens (including phenoxy) is 2. The Balaban J connectivity index is 1.28. The van der Waals surface area contributed by atoms with Crippen molar-refractivity contribution in [2.75, 3.05) is 19.7 Å². The second-order valence-corrected chi connectivity index (χ2v) is 7.27. The molecule has 2 fully saturated rings. The molecular weight excluding hydrogens is 314 g/mol. The van der Waals surface area contributed by atoms with E-state index in [0.29, 0.717) is 6.61 Å². The van der Waals surface area contributed by atoms with Gasteiger partial charge in [-0.25, -0.2) is 0 Å². The van der Waals surface area contributed by atoms with E-state index in [4.69, 9.17) is 9.47 Å². The molecule has 2 saturated heterocycles. The third-order valence-electron chi connectivity index (χ3n) is 5.22. The van der Waals surface area contributed by atoms with Crippen LogP contribution in [0.5, 0.6) is 0 Å². The van der Waals surface area contributed by atoms with E-state index in [1.165, 1.54) is 16.7 Å². The molecule has 1 spiro atoms. The Labute approximate surface area is 149 Å². The molecule has 5 nitrogen and oxygen atoms in total. The highest BCUT2D eigenvalue weighted by atomic mass is 16.5. The zero-order chi connectivity index (χ0) is 17.1. The molecule has 0 radical (unpaired) electrons. The number of aryl methyl sites for hydroxylation is 1. The summed E-state index contributed by atoms with van der Waals surface area (Å²) in [6.45, 7) is 6.44. The summed E-state index contributed by atoms with van der Waals surface area (Å²) in [6.07, 6.45) is 9.72. The maximum atomic E-state index is 6.19. The molecule has 2 aliphatic rings. The third kappa shape index (κ3) is 3.89. The summed E-state index contributed by atoms with van der Waals surface area (Å²) in [5.41, 5.74) is 3.65. The molecule has 0 amide bonds. The van der Waals surface area contributed by atoms with Crippen molar-refractivity contribution in [3.05, 3.63) is 59.7 Å². The second-order valence-electron chi connectivity index (χ2n) is 7.27. The minimum absolute atomic E-state index is 0.0187. The Morgan fingerprint density at radius 1 is 1.24 bits per heavy atom. The van der Waals surface area contributed by atoms with Crippen LogP contribution in [0.25, 0.3) is 0 Å². The fraction of sp³-hybridized carbons (Fsp3) is 0.500. The van der Waals surface area contributed by atoms with Crippen molar-refractivity contribution in [2.45, 2.75) is 44.6 Å². The summed E-state index contributed by atoms with van der Waals surface area (Å²) < 4.78 is 12.3. The fourth-order valence-corrected chi connectivity index (χ4v) is 3.83. The monoisotopic (exact) mass is 339 g/mol. The lowest BCUT2D eigenvalue weighted by Gasteiger charge is -2.53. The first-order chi connectivity index (χ1) is 12.2. The van der Waals surface area contributed by atoms with Crippen LogP contribution in [-0.4, -0.2) is 46.3 Å². The average Bonchev–Trinajstić information content (AvgIpc) is 2.61. The first-order valence-electron chi connectivity index (χ1n) is 8.99. The lowest BCUT2D eigenvalue weighted by Crippen LogP contribution is -2.65. The maximum absolute atomic E-state index is 6.19. The molecule has 0 bridgehead atoms. The van der Waals surface area contributed by atoms with Gasteiger partial charge in [0.2, 0.25) is 0 Å². The Morgan fingerprint density at radius 2 is 2.12 bits per heavy atom. The number of aromatic nitrogens is 2. The molecule has 4 rings (SSSR count). The van der Waals surface area contributed by atoms with E-state index in [-0.39, 0.29) is 11.7 Å². The summed E-state index contributed by atoms with van der Waals surface area (Å²) in [7, 11) is 0. The summed E-state index contributed by atoms with van der Waals surface area (Å²) >= 11 is 0.